The Morgan fingerprint density at radius 2 is 1.74 bits per heavy atom. The van der Waals surface area contributed by atoms with Gasteiger partial charge in [-0.15, -0.1) is 0 Å². The first-order valence-corrected chi connectivity index (χ1v) is 8.05. The number of hydrogen-bond donors (Lipinski definition) is 1. The molecule has 5 heteroatoms. The van der Waals surface area contributed by atoms with Crippen LogP contribution in [0.15, 0.2) is 52.0 Å². The van der Waals surface area contributed by atoms with Crippen molar-refractivity contribution in [2.45, 2.75) is 20.8 Å². The molecule has 0 radical (unpaired) electrons. The number of hydrogen-bond acceptors (Lipinski definition) is 3. The Morgan fingerprint density at radius 3 is 2.35 bits per heavy atom. The number of nitrogens with one attached hydrogen (secondary N) is 1. The summed E-state index contributed by atoms with van der Waals surface area (Å²) in [7, 11) is 0. The van der Waals surface area contributed by atoms with Crippen molar-refractivity contribution in [1.82, 2.24) is 5.43 Å². The average Bonchev–Trinajstić information content (AvgIpc) is 2.53. The topological polar surface area (TPSA) is 50.7 Å². The van der Waals surface area contributed by atoms with Crippen LogP contribution < -0.4 is 10.2 Å². The van der Waals surface area contributed by atoms with Crippen molar-refractivity contribution in [1.29, 1.82) is 0 Å². The van der Waals surface area contributed by atoms with Crippen LogP contribution in [0.1, 0.15) is 23.6 Å². The minimum Gasteiger partial charge on any atom is -0.483 e. The minimum absolute atomic E-state index is 0.0667. The molecule has 0 heterocycles. The largest absolute Gasteiger partial charge is 0.483 e. The van der Waals surface area contributed by atoms with E-state index < -0.39 is 0 Å². The highest BCUT2D eigenvalue weighted by atomic mass is 79.9. The number of benzene rings is 2. The molecule has 0 saturated heterocycles. The SMILES string of the molecule is C/C(=N\NC(=O)COc1c(C)cccc1C)c1ccc(Br)cc1. The zero-order chi connectivity index (χ0) is 16.8. The highest BCUT2D eigenvalue weighted by Gasteiger charge is 2.07. The predicted octanol–water partition coefficient (Wildman–Crippen LogP) is 3.99. The summed E-state index contributed by atoms with van der Waals surface area (Å²) >= 11 is 3.38. The molecule has 0 atom stereocenters. The lowest BCUT2D eigenvalue weighted by atomic mass is 10.1. The monoisotopic (exact) mass is 374 g/mol. The number of para-hydroxylation sites is 1. The van der Waals surface area contributed by atoms with Crippen LogP contribution in [0.4, 0.5) is 0 Å². The summed E-state index contributed by atoms with van der Waals surface area (Å²) in [5.41, 5.74) is 6.21. The number of amides is 1. The lowest BCUT2D eigenvalue weighted by molar-refractivity contribution is -0.123. The van der Waals surface area contributed by atoms with Gasteiger partial charge in [0.15, 0.2) is 6.61 Å². The van der Waals surface area contributed by atoms with Gasteiger partial charge >= 0.3 is 0 Å². The van der Waals surface area contributed by atoms with Crippen LogP contribution in [0.25, 0.3) is 0 Å². The normalized spacial score (nSPS) is 11.2. The Labute approximate surface area is 144 Å². The molecule has 0 spiro atoms. The number of halogens is 1. The Balaban J connectivity index is 1.92. The van der Waals surface area contributed by atoms with Crippen molar-refractivity contribution in [3.8, 4) is 5.75 Å². The van der Waals surface area contributed by atoms with E-state index in [2.05, 4.69) is 26.5 Å². The van der Waals surface area contributed by atoms with Crippen molar-refractivity contribution < 1.29 is 9.53 Å². The predicted molar refractivity (Wildman–Crippen MR) is 95.9 cm³/mol. The van der Waals surface area contributed by atoms with Crippen molar-refractivity contribution in [2.75, 3.05) is 6.61 Å². The summed E-state index contributed by atoms with van der Waals surface area (Å²) in [5, 5.41) is 4.10. The summed E-state index contributed by atoms with van der Waals surface area (Å²) in [6, 6.07) is 13.6. The fourth-order valence-corrected chi connectivity index (χ4v) is 2.36. The van der Waals surface area contributed by atoms with Gasteiger partial charge in [-0.1, -0.05) is 46.3 Å². The van der Waals surface area contributed by atoms with Crippen LogP contribution in [0, 0.1) is 13.8 Å². The number of aryl methyl sites for hydroxylation is 2. The smallest absolute Gasteiger partial charge is 0.277 e. The molecular weight excluding hydrogens is 356 g/mol. The van der Waals surface area contributed by atoms with Gasteiger partial charge in [-0.3, -0.25) is 4.79 Å². The van der Waals surface area contributed by atoms with E-state index in [0.29, 0.717) is 0 Å². The van der Waals surface area contributed by atoms with Crippen LogP contribution in [0.2, 0.25) is 0 Å². The van der Waals surface area contributed by atoms with Gasteiger partial charge in [0.25, 0.3) is 5.91 Å². The third-order valence-corrected chi connectivity index (χ3v) is 3.90. The molecular formula is C18H19BrN2O2. The first-order chi connectivity index (χ1) is 11.0. The number of rotatable bonds is 5. The van der Waals surface area contributed by atoms with Gasteiger partial charge in [0.1, 0.15) is 5.75 Å². The molecule has 1 N–H and O–H groups in total. The van der Waals surface area contributed by atoms with E-state index in [0.717, 1.165) is 32.6 Å². The second-order valence-corrected chi connectivity index (χ2v) is 6.16. The lowest BCUT2D eigenvalue weighted by Crippen LogP contribution is -2.26. The maximum atomic E-state index is 11.9. The molecule has 0 fully saturated rings. The van der Waals surface area contributed by atoms with Crippen LogP contribution in [0.3, 0.4) is 0 Å². The number of carbonyl (C=O) groups excluding carboxylic acids is 1. The molecule has 0 aliphatic rings. The molecule has 2 aromatic rings. The maximum Gasteiger partial charge on any atom is 0.277 e. The highest BCUT2D eigenvalue weighted by Crippen LogP contribution is 2.22. The van der Waals surface area contributed by atoms with Gasteiger partial charge in [-0.05, 0) is 49.6 Å². The van der Waals surface area contributed by atoms with Crippen LogP contribution >= 0.6 is 15.9 Å². The Morgan fingerprint density at radius 1 is 1.13 bits per heavy atom. The molecule has 2 rings (SSSR count). The van der Waals surface area contributed by atoms with Crippen molar-refractivity contribution in [3.63, 3.8) is 0 Å². The zero-order valence-electron chi connectivity index (χ0n) is 13.4. The standard InChI is InChI=1S/C18H19BrN2O2/c1-12-5-4-6-13(2)18(12)23-11-17(22)21-20-14(3)15-7-9-16(19)10-8-15/h4-10H,11H2,1-3H3,(H,21,22)/b20-14+. The summed E-state index contributed by atoms with van der Waals surface area (Å²) in [4.78, 5) is 11.9. The first-order valence-electron chi connectivity index (χ1n) is 7.25. The van der Waals surface area contributed by atoms with Gasteiger partial charge in [-0.2, -0.15) is 5.10 Å². The van der Waals surface area contributed by atoms with E-state index in [9.17, 15) is 4.79 Å². The molecule has 1 amide bonds. The Kier molecular flexibility index (Phi) is 5.93. The molecule has 0 unspecified atom stereocenters. The highest BCUT2D eigenvalue weighted by molar-refractivity contribution is 9.10. The van der Waals surface area contributed by atoms with E-state index in [1.54, 1.807) is 0 Å². The molecule has 4 nitrogen and oxygen atoms in total. The van der Waals surface area contributed by atoms with Crippen LogP contribution in [-0.2, 0) is 4.79 Å². The average molecular weight is 375 g/mol. The van der Waals surface area contributed by atoms with Gasteiger partial charge in [0.05, 0.1) is 5.71 Å². The molecule has 2 aromatic carbocycles. The number of carbonyl (C=O) groups is 1. The summed E-state index contributed by atoms with van der Waals surface area (Å²) in [6.45, 7) is 5.69. The maximum absolute atomic E-state index is 11.9. The Bertz CT molecular complexity index is 704. The van der Waals surface area contributed by atoms with Gasteiger partial charge in [0, 0.05) is 4.47 Å². The van der Waals surface area contributed by atoms with Crippen LogP contribution in [-0.4, -0.2) is 18.2 Å². The van der Waals surface area contributed by atoms with E-state index in [4.69, 9.17) is 4.74 Å². The van der Waals surface area contributed by atoms with Gasteiger partial charge < -0.3 is 4.74 Å². The van der Waals surface area contributed by atoms with E-state index in [1.807, 2.05) is 63.2 Å². The Hall–Kier alpha value is -2.14. The lowest BCUT2D eigenvalue weighted by Gasteiger charge is -2.11. The quantitative estimate of drug-likeness (QED) is 0.635. The van der Waals surface area contributed by atoms with Crippen molar-refractivity contribution >= 4 is 27.5 Å². The van der Waals surface area contributed by atoms with Gasteiger partial charge in [-0.25, -0.2) is 5.43 Å². The molecule has 0 aromatic heterocycles. The number of ether oxygens (including phenoxy) is 1. The van der Waals surface area contributed by atoms with Crippen LogP contribution in [0.5, 0.6) is 5.75 Å². The molecule has 0 saturated carbocycles. The van der Waals surface area contributed by atoms with E-state index in [1.165, 1.54) is 0 Å². The third kappa shape index (κ3) is 4.93. The van der Waals surface area contributed by atoms with Gasteiger partial charge in [0.2, 0.25) is 0 Å². The minimum atomic E-state index is -0.288. The molecule has 0 bridgehead atoms. The van der Waals surface area contributed by atoms with E-state index in [-0.39, 0.29) is 12.5 Å². The molecule has 23 heavy (non-hydrogen) atoms. The van der Waals surface area contributed by atoms with E-state index >= 15 is 0 Å². The molecule has 0 aliphatic carbocycles. The number of nitrogens with zero attached hydrogens (tertiary/aromatic N) is 1. The second-order valence-electron chi connectivity index (χ2n) is 5.25. The zero-order valence-corrected chi connectivity index (χ0v) is 15.0. The number of hydrazone groups is 1. The van der Waals surface area contributed by atoms with Crippen molar-refractivity contribution in [2.24, 2.45) is 5.10 Å². The third-order valence-electron chi connectivity index (χ3n) is 3.37. The summed E-state index contributed by atoms with van der Waals surface area (Å²) in [5.74, 6) is 0.459. The first kappa shape index (κ1) is 17.2. The summed E-state index contributed by atoms with van der Waals surface area (Å²) in [6.07, 6.45) is 0. The fourth-order valence-electron chi connectivity index (χ4n) is 2.10. The fraction of sp³-hybridized carbons (Fsp3) is 0.222. The molecule has 120 valence electrons. The summed E-state index contributed by atoms with van der Waals surface area (Å²) < 4.78 is 6.60. The van der Waals surface area contributed by atoms with Crippen molar-refractivity contribution in [3.05, 3.63) is 63.6 Å². The second kappa shape index (κ2) is 7.92. The molecule has 0 aliphatic heterocycles.